The molecule has 0 radical (unpaired) electrons. The van der Waals surface area contributed by atoms with Gasteiger partial charge >= 0.3 is 6.03 Å². The minimum absolute atomic E-state index is 0.157. The first kappa shape index (κ1) is 15.8. The summed E-state index contributed by atoms with van der Waals surface area (Å²) in [5.74, 6) is 0.559. The van der Waals surface area contributed by atoms with E-state index in [-0.39, 0.29) is 18.5 Å². The third-order valence-corrected chi connectivity index (χ3v) is 3.69. The van der Waals surface area contributed by atoms with Crippen LogP contribution in [0.3, 0.4) is 0 Å². The molecule has 8 heteroatoms. The van der Waals surface area contributed by atoms with Crippen molar-refractivity contribution in [2.24, 2.45) is 0 Å². The van der Waals surface area contributed by atoms with Gasteiger partial charge in [0.25, 0.3) is 0 Å². The molecule has 0 saturated carbocycles. The molecule has 0 bridgehead atoms. The monoisotopic (exact) mass is 326 g/mol. The Kier molecular flexibility index (Phi) is 4.30. The van der Waals surface area contributed by atoms with Crippen molar-refractivity contribution in [1.82, 2.24) is 20.5 Å². The van der Waals surface area contributed by atoms with Crippen molar-refractivity contribution in [3.8, 4) is 0 Å². The summed E-state index contributed by atoms with van der Waals surface area (Å²) < 4.78 is 0. The molecule has 3 rings (SSSR count). The number of hydrogen-bond acceptors (Lipinski definition) is 5. The number of anilines is 2. The highest BCUT2D eigenvalue weighted by Crippen LogP contribution is 2.24. The second-order valence-electron chi connectivity index (χ2n) is 5.37. The van der Waals surface area contributed by atoms with Crippen LogP contribution in [0.2, 0.25) is 0 Å². The molecule has 0 aliphatic heterocycles. The molecule has 0 saturated heterocycles. The molecule has 8 nitrogen and oxygen atoms in total. The van der Waals surface area contributed by atoms with Gasteiger partial charge in [0.1, 0.15) is 5.82 Å². The number of fused-ring (bicyclic) bond motifs is 1. The van der Waals surface area contributed by atoms with Crippen LogP contribution in [0.25, 0.3) is 10.9 Å². The Hall–Kier alpha value is -3.13. The number of benzene rings is 1. The fourth-order valence-corrected chi connectivity index (χ4v) is 2.50. The summed E-state index contributed by atoms with van der Waals surface area (Å²) in [5, 5.41) is 22.1. The van der Waals surface area contributed by atoms with E-state index in [1.54, 1.807) is 6.07 Å². The Labute approximate surface area is 138 Å². The number of pyridine rings is 1. The number of carbonyl (C=O) groups excluding carboxylic acids is 1. The van der Waals surface area contributed by atoms with Crippen LogP contribution in [0.4, 0.5) is 16.4 Å². The van der Waals surface area contributed by atoms with Gasteiger partial charge in [-0.25, -0.2) is 9.78 Å². The Morgan fingerprint density at radius 3 is 2.83 bits per heavy atom. The highest BCUT2D eigenvalue weighted by molar-refractivity contribution is 5.95. The highest BCUT2D eigenvalue weighted by Gasteiger charge is 2.14. The number of nitrogens with two attached hydrogens (primary N) is 1. The van der Waals surface area contributed by atoms with Crippen molar-refractivity contribution in [2.75, 3.05) is 11.1 Å². The number of rotatable bonds is 4. The van der Waals surface area contributed by atoms with Crippen molar-refractivity contribution in [1.29, 1.82) is 0 Å². The van der Waals surface area contributed by atoms with Gasteiger partial charge < -0.3 is 16.2 Å². The van der Waals surface area contributed by atoms with E-state index in [2.05, 4.69) is 25.8 Å². The second-order valence-corrected chi connectivity index (χ2v) is 5.37. The Morgan fingerprint density at radius 1 is 1.38 bits per heavy atom. The SMILES string of the molecule is CC(NC(=O)Nc1cc2[nH]nc(N)c2c(CO)n1)c1ccccc1. The molecular formula is C16H18N6O2. The maximum absolute atomic E-state index is 12.2. The van der Waals surface area contributed by atoms with E-state index in [1.807, 2.05) is 37.3 Å². The van der Waals surface area contributed by atoms with Crippen molar-refractivity contribution < 1.29 is 9.90 Å². The van der Waals surface area contributed by atoms with E-state index < -0.39 is 6.03 Å². The lowest BCUT2D eigenvalue weighted by Gasteiger charge is -2.15. The largest absolute Gasteiger partial charge is 0.390 e. The highest BCUT2D eigenvalue weighted by atomic mass is 16.3. The van der Waals surface area contributed by atoms with Crippen LogP contribution < -0.4 is 16.4 Å². The first-order valence-corrected chi connectivity index (χ1v) is 7.45. The number of aromatic nitrogens is 3. The van der Waals surface area contributed by atoms with E-state index in [1.165, 1.54) is 0 Å². The molecule has 1 atom stereocenters. The average Bonchev–Trinajstić information content (AvgIpc) is 2.96. The molecule has 24 heavy (non-hydrogen) atoms. The van der Waals surface area contributed by atoms with Gasteiger partial charge in [-0.3, -0.25) is 10.4 Å². The average molecular weight is 326 g/mol. The third-order valence-electron chi connectivity index (χ3n) is 3.69. The van der Waals surface area contributed by atoms with E-state index in [9.17, 15) is 9.90 Å². The number of aliphatic hydroxyl groups is 1. The topological polar surface area (TPSA) is 129 Å². The van der Waals surface area contributed by atoms with E-state index >= 15 is 0 Å². The Morgan fingerprint density at radius 2 is 2.12 bits per heavy atom. The van der Waals surface area contributed by atoms with Crippen LogP contribution in [0, 0.1) is 0 Å². The summed E-state index contributed by atoms with van der Waals surface area (Å²) in [6.07, 6.45) is 0. The first-order chi connectivity index (χ1) is 11.6. The molecule has 2 heterocycles. The van der Waals surface area contributed by atoms with Crippen LogP contribution >= 0.6 is 0 Å². The van der Waals surface area contributed by atoms with Crippen LogP contribution in [0.15, 0.2) is 36.4 Å². The lowest BCUT2D eigenvalue weighted by atomic mass is 10.1. The van der Waals surface area contributed by atoms with Gasteiger partial charge in [-0.15, -0.1) is 0 Å². The molecule has 0 fully saturated rings. The van der Waals surface area contributed by atoms with Crippen LogP contribution in [0.1, 0.15) is 24.2 Å². The minimum atomic E-state index is -0.394. The summed E-state index contributed by atoms with van der Waals surface area (Å²) in [5.41, 5.74) is 7.68. The van der Waals surface area contributed by atoms with Gasteiger partial charge in [0.05, 0.1) is 29.2 Å². The molecule has 2 aromatic heterocycles. The molecule has 6 N–H and O–H groups in total. The number of carbonyl (C=O) groups is 1. The first-order valence-electron chi connectivity index (χ1n) is 7.45. The summed E-state index contributed by atoms with van der Waals surface area (Å²) in [4.78, 5) is 16.4. The predicted octanol–water partition coefficient (Wildman–Crippen LogP) is 1.92. The van der Waals surface area contributed by atoms with E-state index in [0.717, 1.165) is 5.56 Å². The fourth-order valence-electron chi connectivity index (χ4n) is 2.50. The number of nitrogens with zero attached hydrogens (tertiary/aromatic N) is 2. The zero-order valence-electron chi connectivity index (χ0n) is 13.1. The number of amides is 2. The predicted molar refractivity (Wildman–Crippen MR) is 91.2 cm³/mol. The van der Waals surface area contributed by atoms with Crippen LogP contribution in [-0.4, -0.2) is 26.3 Å². The number of H-pyrrole nitrogens is 1. The standard InChI is InChI=1S/C16H18N6O2/c1-9(10-5-3-2-4-6-10)18-16(24)20-13-7-11-14(12(8-23)19-13)15(17)22-21-11/h2-7,9,23H,8H2,1H3,(H3,17,21,22)(H2,18,19,20,24). The van der Waals surface area contributed by atoms with Crippen molar-refractivity contribution in [3.05, 3.63) is 47.7 Å². The quantitative estimate of drug-likeness (QED) is 0.500. The Balaban J connectivity index is 1.76. The molecule has 1 unspecified atom stereocenters. The molecule has 3 aromatic rings. The van der Waals surface area contributed by atoms with Crippen molar-refractivity contribution in [2.45, 2.75) is 19.6 Å². The summed E-state index contributed by atoms with van der Waals surface area (Å²) >= 11 is 0. The van der Waals surface area contributed by atoms with E-state index in [0.29, 0.717) is 22.4 Å². The molecule has 0 aliphatic rings. The normalized spacial score (nSPS) is 12.1. The van der Waals surface area contributed by atoms with Gasteiger partial charge in [0.15, 0.2) is 5.82 Å². The lowest BCUT2D eigenvalue weighted by molar-refractivity contribution is 0.249. The molecule has 2 amide bonds. The third kappa shape index (κ3) is 3.13. The van der Waals surface area contributed by atoms with Gasteiger partial charge in [-0.05, 0) is 12.5 Å². The fraction of sp³-hybridized carbons (Fsp3) is 0.188. The van der Waals surface area contributed by atoms with E-state index in [4.69, 9.17) is 5.73 Å². The van der Waals surface area contributed by atoms with Crippen molar-refractivity contribution >= 4 is 28.6 Å². The van der Waals surface area contributed by atoms with Crippen LogP contribution in [0.5, 0.6) is 0 Å². The number of aromatic amines is 1. The number of nitrogen functional groups attached to an aromatic ring is 1. The summed E-state index contributed by atoms with van der Waals surface area (Å²) in [6, 6.07) is 10.7. The molecule has 0 aliphatic carbocycles. The number of nitrogens with one attached hydrogen (secondary N) is 3. The Bertz CT molecular complexity index is 862. The lowest BCUT2D eigenvalue weighted by Crippen LogP contribution is -2.31. The maximum Gasteiger partial charge on any atom is 0.320 e. The zero-order chi connectivity index (χ0) is 17.1. The van der Waals surface area contributed by atoms with Gasteiger partial charge in [-0.1, -0.05) is 30.3 Å². The zero-order valence-corrected chi connectivity index (χ0v) is 13.1. The van der Waals surface area contributed by atoms with Crippen LogP contribution in [-0.2, 0) is 6.61 Å². The second kappa shape index (κ2) is 6.55. The van der Waals surface area contributed by atoms with Gasteiger partial charge in [0.2, 0.25) is 0 Å². The molecule has 0 spiro atoms. The number of hydrogen-bond donors (Lipinski definition) is 5. The smallest absolute Gasteiger partial charge is 0.320 e. The summed E-state index contributed by atoms with van der Waals surface area (Å²) in [6.45, 7) is 1.58. The number of urea groups is 1. The molecule has 1 aromatic carbocycles. The molecule has 124 valence electrons. The molecular weight excluding hydrogens is 308 g/mol. The number of aliphatic hydroxyl groups excluding tert-OH is 1. The summed E-state index contributed by atoms with van der Waals surface area (Å²) in [7, 11) is 0. The maximum atomic E-state index is 12.2. The van der Waals surface area contributed by atoms with Crippen molar-refractivity contribution in [3.63, 3.8) is 0 Å². The van der Waals surface area contributed by atoms with Gasteiger partial charge in [-0.2, -0.15) is 5.10 Å². The minimum Gasteiger partial charge on any atom is -0.390 e. The van der Waals surface area contributed by atoms with Gasteiger partial charge in [0, 0.05) is 6.07 Å².